The highest BCUT2D eigenvalue weighted by atomic mass is 16.5. The van der Waals surface area contributed by atoms with Crippen LogP contribution in [0.4, 0.5) is 10.5 Å². The molecule has 0 atom stereocenters. The molecule has 0 aliphatic carbocycles. The van der Waals surface area contributed by atoms with E-state index >= 15 is 0 Å². The van der Waals surface area contributed by atoms with E-state index in [0.29, 0.717) is 5.69 Å². The van der Waals surface area contributed by atoms with E-state index in [2.05, 4.69) is 5.32 Å². The zero-order valence-electron chi connectivity index (χ0n) is 12.9. The number of ether oxygens (including phenoxy) is 1. The molecule has 0 bridgehead atoms. The number of benzene rings is 3. The van der Waals surface area contributed by atoms with E-state index in [1.54, 1.807) is 6.07 Å². The summed E-state index contributed by atoms with van der Waals surface area (Å²) in [5, 5.41) is 4.81. The molecule has 0 radical (unpaired) electrons. The molecule has 4 heteroatoms. The highest BCUT2D eigenvalue weighted by Gasteiger charge is 2.09. The molecule has 0 unspecified atom stereocenters. The van der Waals surface area contributed by atoms with Crippen molar-refractivity contribution in [1.82, 2.24) is 0 Å². The van der Waals surface area contributed by atoms with Gasteiger partial charge in [0.25, 0.3) is 0 Å². The van der Waals surface area contributed by atoms with E-state index in [0.717, 1.165) is 27.5 Å². The van der Waals surface area contributed by atoms with Crippen molar-refractivity contribution in [2.75, 3.05) is 5.32 Å². The van der Waals surface area contributed by atoms with E-state index in [1.165, 1.54) is 0 Å². The van der Waals surface area contributed by atoms with Crippen LogP contribution >= 0.6 is 0 Å². The summed E-state index contributed by atoms with van der Waals surface area (Å²) in [4.78, 5) is 11.9. The summed E-state index contributed by atoms with van der Waals surface area (Å²) in [5.41, 5.74) is 3.15. The zero-order valence-corrected chi connectivity index (χ0v) is 12.9. The third-order valence-electron chi connectivity index (χ3n) is 3.84. The number of carbonyl (C=O) groups excluding carboxylic acids is 1. The van der Waals surface area contributed by atoms with Gasteiger partial charge in [-0.2, -0.15) is 0 Å². The number of nitrogens with one attached hydrogen (secondary N) is 1. The Bertz CT molecular complexity index is 1010. The first kappa shape index (κ1) is 14.3. The number of furan rings is 1. The molecule has 118 valence electrons. The second kappa shape index (κ2) is 6.08. The number of amides is 1. The molecule has 0 aliphatic heterocycles. The average molecular weight is 317 g/mol. The molecule has 1 N–H and O–H groups in total. The lowest BCUT2D eigenvalue weighted by atomic mass is 10.1. The minimum absolute atomic E-state index is 0.236. The molecule has 0 fully saturated rings. The second-order valence-electron chi connectivity index (χ2n) is 5.50. The molecule has 0 saturated heterocycles. The maximum Gasteiger partial charge on any atom is 0.411 e. The standard InChI is InChI=1S/C20H15NO3/c22-20(23-13-14-6-2-1-3-7-14)21-15-10-11-17-16-8-4-5-9-18(16)24-19(17)12-15/h1-12H,13H2,(H,21,22). The molecule has 0 aliphatic rings. The molecular formula is C20H15NO3. The molecule has 1 amide bonds. The minimum atomic E-state index is -0.491. The first-order chi connectivity index (χ1) is 11.8. The van der Waals surface area contributed by atoms with E-state index in [9.17, 15) is 4.79 Å². The molecule has 1 aromatic heterocycles. The number of carbonyl (C=O) groups is 1. The van der Waals surface area contributed by atoms with Gasteiger partial charge in [0.15, 0.2) is 0 Å². The summed E-state index contributed by atoms with van der Waals surface area (Å²) < 4.78 is 11.0. The fraction of sp³-hybridized carbons (Fsp3) is 0.0500. The van der Waals surface area contributed by atoms with Crippen molar-refractivity contribution in [3.8, 4) is 0 Å². The Labute approximate surface area is 138 Å². The monoisotopic (exact) mass is 317 g/mol. The van der Waals surface area contributed by atoms with Gasteiger partial charge in [-0.3, -0.25) is 5.32 Å². The smallest absolute Gasteiger partial charge is 0.411 e. The summed E-state index contributed by atoms with van der Waals surface area (Å²) in [6.45, 7) is 0.236. The van der Waals surface area contributed by atoms with Crippen molar-refractivity contribution in [2.24, 2.45) is 0 Å². The number of rotatable bonds is 3. The fourth-order valence-corrected chi connectivity index (χ4v) is 2.68. The van der Waals surface area contributed by atoms with Gasteiger partial charge >= 0.3 is 6.09 Å². The van der Waals surface area contributed by atoms with Gasteiger partial charge < -0.3 is 9.15 Å². The van der Waals surface area contributed by atoms with Crippen LogP contribution in [-0.4, -0.2) is 6.09 Å². The summed E-state index contributed by atoms with van der Waals surface area (Å²) >= 11 is 0. The van der Waals surface area contributed by atoms with Crippen molar-refractivity contribution in [3.63, 3.8) is 0 Å². The van der Waals surface area contributed by atoms with Gasteiger partial charge in [-0.1, -0.05) is 48.5 Å². The fourth-order valence-electron chi connectivity index (χ4n) is 2.68. The van der Waals surface area contributed by atoms with Crippen LogP contribution in [0, 0.1) is 0 Å². The Hall–Kier alpha value is -3.27. The lowest BCUT2D eigenvalue weighted by Crippen LogP contribution is -2.13. The third kappa shape index (κ3) is 2.82. The highest BCUT2D eigenvalue weighted by molar-refractivity contribution is 6.06. The van der Waals surface area contributed by atoms with Gasteiger partial charge in [0.05, 0.1) is 0 Å². The van der Waals surface area contributed by atoms with Crippen LogP contribution in [0.5, 0.6) is 0 Å². The molecule has 4 aromatic rings. The van der Waals surface area contributed by atoms with Crippen LogP contribution in [-0.2, 0) is 11.3 Å². The van der Waals surface area contributed by atoms with Crippen molar-refractivity contribution in [1.29, 1.82) is 0 Å². The van der Waals surface area contributed by atoms with E-state index in [1.807, 2.05) is 66.7 Å². The van der Waals surface area contributed by atoms with Gasteiger partial charge in [0.1, 0.15) is 17.8 Å². The topological polar surface area (TPSA) is 51.5 Å². The molecule has 3 aromatic carbocycles. The summed E-state index contributed by atoms with van der Waals surface area (Å²) in [7, 11) is 0. The highest BCUT2D eigenvalue weighted by Crippen LogP contribution is 2.30. The van der Waals surface area contributed by atoms with Crippen LogP contribution in [0.3, 0.4) is 0 Å². The SMILES string of the molecule is O=C(Nc1ccc2c(c1)oc1ccccc12)OCc1ccccc1. The summed E-state index contributed by atoms with van der Waals surface area (Å²) in [6.07, 6.45) is -0.491. The summed E-state index contributed by atoms with van der Waals surface area (Å²) in [5.74, 6) is 0. The van der Waals surface area contributed by atoms with Gasteiger partial charge in [0.2, 0.25) is 0 Å². The number of para-hydroxylation sites is 1. The van der Waals surface area contributed by atoms with E-state index < -0.39 is 6.09 Å². The normalized spacial score (nSPS) is 10.8. The minimum Gasteiger partial charge on any atom is -0.456 e. The molecule has 0 spiro atoms. The van der Waals surface area contributed by atoms with Gasteiger partial charge in [-0.05, 0) is 23.8 Å². The van der Waals surface area contributed by atoms with E-state index in [4.69, 9.17) is 9.15 Å². The van der Waals surface area contributed by atoms with Crippen LogP contribution in [0.25, 0.3) is 21.9 Å². The van der Waals surface area contributed by atoms with Gasteiger partial charge in [-0.25, -0.2) is 4.79 Å². The van der Waals surface area contributed by atoms with E-state index in [-0.39, 0.29) is 6.61 Å². The number of hydrogen-bond acceptors (Lipinski definition) is 3. The van der Waals surface area contributed by atoms with Crippen molar-refractivity contribution in [2.45, 2.75) is 6.61 Å². The maximum atomic E-state index is 11.9. The number of anilines is 1. The third-order valence-corrected chi connectivity index (χ3v) is 3.84. The molecule has 4 rings (SSSR count). The maximum absolute atomic E-state index is 11.9. The van der Waals surface area contributed by atoms with Crippen LogP contribution in [0.2, 0.25) is 0 Å². The Morgan fingerprint density at radius 2 is 1.62 bits per heavy atom. The molecule has 24 heavy (non-hydrogen) atoms. The predicted molar refractivity (Wildman–Crippen MR) is 94.0 cm³/mol. The molecule has 4 nitrogen and oxygen atoms in total. The first-order valence-electron chi connectivity index (χ1n) is 7.68. The quantitative estimate of drug-likeness (QED) is 0.555. The molecule has 1 heterocycles. The Morgan fingerprint density at radius 1 is 0.875 bits per heavy atom. The lowest BCUT2D eigenvalue weighted by Gasteiger charge is -2.07. The largest absolute Gasteiger partial charge is 0.456 e. The second-order valence-corrected chi connectivity index (χ2v) is 5.50. The van der Waals surface area contributed by atoms with Crippen LogP contribution in [0.15, 0.2) is 77.2 Å². The van der Waals surface area contributed by atoms with Crippen molar-refractivity contribution < 1.29 is 13.9 Å². The molecule has 0 saturated carbocycles. The molecular weight excluding hydrogens is 302 g/mol. The van der Waals surface area contributed by atoms with Crippen molar-refractivity contribution in [3.05, 3.63) is 78.4 Å². The summed E-state index contributed by atoms with van der Waals surface area (Å²) in [6, 6.07) is 23.0. The Balaban J connectivity index is 1.50. The van der Waals surface area contributed by atoms with Gasteiger partial charge in [0, 0.05) is 22.5 Å². The number of hydrogen-bond donors (Lipinski definition) is 1. The van der Waals surface area contributed by atoms with Crippen molar-refractivity contribution >= 4 is 33.7 Å². The Kier molecular flexibility index (Phi) is 3.63. The zero-order chi connectivity index (χ0) is 16.4. The number of fused-ring (bicyclic) bond motifs is 3. The first-order valence-corrected chi connectivity index (χ1v) is 7.68. The van der Waals surface area contributed by atoms with Gasteiger partial charge in [-0.15, -0.1) is 0 Å². The van der Waals surface area contributed by atoms with Crippen LogP contribution < -0.4 is 5.32 Å². The Morgan fingerprint density at radius 3 is 2.50 bits per heavy atom. The van der Waals surface area contributed by atoms with Crippen LogP contribution in [0.1, 0.15) is 5.56 Å². The predicted octanol–water partition coefficient (Wildman–Crippen LogP) is 5.33. The lowest BCUT2D eigenvalue weighted by molar-refractivity contribution is 0.155. The average Bonchev–Trinajstić information content (AvgIpc) is 2.98.